The molecule has 4 rings (SSSR count). The van der Waals surface area contributed by atoms with Gasteiger partial charge in [0, 0.05) is 11.1 Å². The summed E-state index contributed by atoms with van der Waals surface area (Å²) in [6, 6.07) is 12.8. The summed E-state index contributed by atoms with van der Waals surface area (Å²) in [5.41, 5.74) is 2.84. The van der Waals surface area contributed by atoms with Crippen molar-refractivity contribution in [2.24, 2.45) is 0 Å². The first-order valence-electron chi connectivity index (χ1n) is 10.3. The number of carbonyl (C=O) groups excluding carboxylic acids is 4. The van der Waals surface area contributed by atoms with Gasteiger partial charge in [0.05, 0.1) is 23.2 Å². The minimum atomic E-state index is -1.07. The molecule has 1 aliphatic rings. The molecule has 0 saturated carbocycles. The smallest absolute Gasteiger partial charge is 0.329 e. The predicted octanol–water partition coefficient (Wildman–Crippen LogP) is 3.36. The van der Waals surface area contributed by atoms with Gasteiger partial charge in [-0.05, 0) is 38.1 Å². The Bertz CT molecular complexity index is 1200. The number of benzene rings is 2. The average molecular weight is 464 g/mol. The van der Waals surface area contributed by atoms with Crippen molar-refractivity contribution in [3.05, 3.63) is 81.3 Å². The number of anilines is 1. The summed E-state index contributed by atoms with van der Waals surface area (Å²) in [4.78, 5) is 55.0. The van der Waals surface area contributed by atoms with Gasteiger partial charge in [0.15, 0.2) is 0 Å². The molecule has 3 amide bonds. The Morgan fingerprint density at radius 2 is 1.70 bits per heavy atom. The largest absolute Gasteiger partial charge is 0.458 e. The van der Waals surface area contributed by atoms with Crippen LogP contribution in [0.1, 0.15) is 43.9 Å². The monoisotopic (exact) mass is 463 g/mol. The molecule has 1 aromatic heterocycles. The molecule has 0 radical (unpaired) electrons. The van der Waals surface area contributed by atoms with Crippen molar-refractivity contribution < 1.29 is 23.9 Å². The quantitative estimate of drug-likeness (QED) is 0.425. The van der Waals surface area contributed by atoms with Gasteiger partial charge < -0.3 is 10.1 Å². The first kappa shape index (κ1) is 22.3. The third kappa shape index (κ3) is 4.83. The topological polar surface area (TPSA) is 106 Å². The van der Waals surface area contributed by atoms with E-state index in [1.807, 2.05) is 31.2 Å². The van der Waals surface area contributed by atoms with Crippen LogP contribution < -0.4 is 5.32 Å². The van der Waals surface area contributed by atoms with E-state index in [2.05, 4.69) is 10.3 Å². The molecule has 1 aliphatic heterocycles. The number of esters is 1. The minimum Gasteiger partial charge on any atom is -0.458 e. The zero-order valence-corrected chi connectivity index (χ0v) is 18.8. The number of hydrogen-bond acceptors (Lipinski definition) is 7. The molecular weight excluding hydrogens is 442 g/mol. The second-order valence-corrected chi connectivity index (χ2v) is 8.58. The third-order valence-electron chi connectivity index (χ3n) is 5.16. The molecule has 2 heterocycles. The van der Waals surface area contributed by atoms with Crippen molar-refractivity contribution in [2.75, 3.05) is 5.32 Å². The molecule has 1 N–H and O–H groups in total. The van der Waals surface area contributed by atoms with Gasteiger partial charge in [-0.3, -0.25) is 19.3 Å². The van der Waals surface area contributed by atoms with Gasteiger partial charge in [-0.25, -0.2) is 9.78 Å². The summed E-state index contributed by atoms with van der Waals surface area (Å²) in [6.45, 7) is 3.30. The Morgan fingerprint density at radius 3 is 2.33 bits per heavy atom. The van der Waals surface area contributed by atoms with Crippen LogP contribution in [0, 0.1) is 6.92 Å². The highest BCUT2D eigenvalue weighted by Gasteiger charge is 2.41. The zero-order chi connectivity index (χ0) is 23.5. The van der Waals surface area contributed by atoms with E-state index in [0.717, 1.165) is 10.5 Å². The van der Waals surface area contributed by atoms with Gasteiger partial charge in [-0.2, -0.15) is 0 Å². The lowest BCUT2D eigenvalue weighted by Gasteiger charge is -2.20. The lowest BCUT2D eigenvalue weighted by Crippen LogP contribution is -2.43. The maximum atomic E-state index is 12.5. The van der Waals surface area contributed by atoms with E-state index >= 15 is 0 Å². The number of rotatable bonds is 7. The number of imide groups is 1. The van der Waals surface area contributed by atoms with E-state index in [9.17, 15) is 19.2 Å². The Labute approximate surface area is 194 Å². The van der Waals surface area contributed by atoms with E-state index in [-0.39, 0.29) is 30.1 Å². The molecule has 168 valence electrons. The number of nitrogens with zero attached hydrogens (tertiary/aromatic N) is 2. The van der Waals surface area contributed by atoms with Crippen LogP contribution in [0.5, 0.6) is 0 Å². The molecule has 0 bridgehead atoms. The van der Waals surface area contributed by atoms with Crippen molar-refractivity contribution in [3.8, 4) is 0 Å². The molecule has 1 atom stereocenters. The molecule has 3 aromatic rings. The number of carbonyl (C=O) groups is 4. The van der Waals surface area contributed by atoms with Crippen LogP contribution in [0.3, 0.4) is 0 Å². The van der Waals surface area contributed by atoms with Crippen LogP contribution in [0.25, 0.3) is 0 Å². The number of aryl methyl sites for hydroxylation is 1. The predicted molar refractivity (Wildman–Crippen MR) is 122 cm³/mol. The fourth-order valence-electron chi connectivity index (χ4n) is 3.41. The number of thiazole rings is 1. The Morgan fingerprint density at radius 1 is 1.06 bits per heavy atom. The standard InChI is InChI=1S/C24H21N3O5S/c1-14-7-9-16(10-8-14)25-20(28)11-21-26-17(13-33-21)12-32-24(31)15(2)27-22(29)18-5-3-4-6-19(18)23(27)30/h3-10,13,15H,11-12H2,1-2H3,(H,25,28)/t15-/m1/s1. The van der Waals surface area contributed by atoms with E-state index in [1.54, 1.807) is 29.6 Å². The molecule has 9 heteroatoms. The molecule has 8 nitrogen and oxygen atoms in total. The summed E-state index contributed by atoms with van der Waals surface area (Å²) in [5, 5.41) is 5.10. The Kier molecular flexibility index (Phi) is 6.32. The normalized spacial score (nSPS) is 13.6. The van der Waals surface area contributed by atoms with Gasteiger partial charge in [0.1, 0.15) is 17.7 Å². The van der Waals surface area contributed by atoms with Crippen molar-refractivity contribution in [1.82, 2.24) is 9.88 Å². The summed E-state index contributed by atoms with van der Waals surface area (Å²) >= 11 is 1.29. The summed E-state index contributed by atoms with van der Waals surface area (Å²) in [7, 11) is 0. The maximum Gasteiger partial charge on any atom is 0.329 e. The first-order chi connectivity index (χ1) is 15.8. The van der Waals surface area contributed by atoms with Gasteiger partial charge in [-0.15, -0.1) is 11.3 Å². The number of fused-ring (bicyclic) bond motifs is 1. The SMILES string of the molecule is Cc1ccc(NC(=O)Cc2nc(COC(=O)[C@@H](C)N3C(=O)c4ccccc4C3=O)cs2)cc1. The van der Waals surface area contributed by atoms with Crippen LogP contribution in [0.4, 0.5) is 5.69 Å². The number of aromatic nitrogens is 1. The van der Waals surface area contributed by atoms with Crippen LogP contribution in [0.15, 0.2) is 53.9 Å². The van der Waals surface area contributed by atoms with Crippen molar-refractivity contribution in [3.63, 3.8) is 0 Å². The molecular formula is C24H21N3O5S. The fraction of sp³-hybridized carbons (Fsp3) is 0.208. The lowest BCUT2D eigenvalue weighted by atomic mass is 10.1. The maximum absolute atomic E-state index is 12.5. The fourth-order valence-corrected chi connectivity index (χ4v) is 4.18. The lowest BCUT2D eigenvalue weighted by molar-refractivity contribution is -0.149. The van der Waals surface area contributed by atoms with Crippen molar-refractivity contribution in [1.29, 1.82) is 0 Å². The van der Waals surface area contributed by atoms with E-state index in [0.29, 0.717) is 16.4 Å². The Balaban J connectivity index is 1.30. The third-order valence-corrected chi connectivity index (χ3v) is 6.06. The molecule has 0 unspecified atom stereocenters. The summed E-state index contributed by atoms with van der Waals surface area (Å²) in [5.74, 6) is -1.95. The van der Waals surface area contributed by atoms with Crippen molar-refractivity contribution >= 4 is 40.7 Å². The molecule has 2 aromatic carbocycles. The highest BCUT2D eigenvalue weighted by atomic mass is 32.1. The van der Waals surface area contributed by atoms with E-state index in [1.165, 1.54) is 18.3 Å². The molecule has 0 spiro atoms. The summed E-state index contributed by atoms with van der Waals surface area (Å²) < 4.78 is 5.28. The van der Waals surface area contributed by atoms with Gasteiger partial charge in [0.2, 0.25) is 5.91 Å². The number of amides is 3. The van der Waals surface area contributed by atoms with Crippen LogP contribution in [-0.2, 0) is 27.4 Å². The molecule has 0 aliphatic carbocycles. The molecule has 0 saturated heterocycles. The second-order valence-electron chi connectivity index (χ2n) is 7.63. The van der Waals surface area contributed by atoms with Gasteiger partial charge in [0.25, 0.3) is 11.8 Å². The van der Waals surface area contributed by atoms with Gasteiger partial charge in [-0.1, -0.05) is 29.8 Å². The van der Waals surface area contributed by atoms with Crippen molar-refractivity contribution in [2.45, 2.75) is 32.9 Å². The average Bonchev–Trinajstić information content (AvgIpc) is 3.35. The minimum absolute atomic E-state index is 0.0952. The highest BCUT2D eigenvalue weighted by Crippen LogP contribution is 2.25. The van der Waals surface area contributed by atoms with Crippen LogP contribution in [-0.4, -0.2) is 39.6 Å². The number of ether oxygens (including phenoxy) is 1. The van der Waals surface area contributed by atoms with E-state index < -0.39 is 23.8 Å². The van der Waals surface area contributed by atoms with Gasteiger partial charge >= 0.3 is 5.97 Å². The zero-order valence-electron chi connectivity index (χ0n) is 18.0. The first-order valence-corrected chi connectivity index (χ1v) is 11.1. The number of nitrogens with one attached hydrogen (secondary N) is 1. The van der Waals surface area contributed by atoms with Crippen LogP contribution >= 0.6 is 11.3 Å². The Hall–Kier alpha value is -3.85. The molecule has 0 fully saturated rings. The molecule has 33 heavy (non-hydrogen) atoms. The highest BCUT2D eigenvalue weighted by molar-refractivity contribution is 7.09. The number of hydrogen-bond donors (Lipinski definition) is 1. The second kappa shape index (κ2) is 9.33. The van der Waals surface area contributed by atoms with E-state index in [4.69, 9.17) is 4.74 Å². The summed E-state index contributed by atoms with van der Waals surface area (Å²) in [6.07, 6.45) is 0.0952. The van der Waals surface area contributed by atoms with Crippen LogP contribution in [0.2, 0.25) is 0 Å².